The number of nitrogens with zero attached hydrogens (tertiary/aromatic N) is 1. The second kappa shape index (κ2) is 7.26. The number of amides is 1. The molecule has 1 rings (SSSR count). The van der Waals surface area contributed by atoms with Gasteiger partial charge in [0, 0.05) is 25.1 Å². The van der Waals surface area contributed by atoms with E-state index in [1.807, 2.05) is 0 Å². The van der Waals surface area contributed by atoms with E-state index in [0.717, 1.165) is 12.1 Å². The third-order valence-electron chi connectivity index (χ3n) is 2.63. The number of carbonyl (C=O) groups excluding carboxylic acids is 1. The molecule has 0 spiro atoms. The van der Waals surface area contributed by atoms with Crippen LogP contribution in [0.5, 0.6) is 5.75 Å². The van der Waals surface area contributed by atoms with E-state index in [2.05, 4.69) is 4.74 Å². The molecule has 1 aromatic carbocycles. The lowest BCUT2D eigenvalue weighted by atomic mass is 10.2. The first kappa shape index (κ1) is 17.2. The molecule has 0 aliphatic rings. The average Bonchev–Trinajstić information content (AvgIpc) is 2.37. The number of hydrogen-bond acceptors (Lipinski definition) is 3. The summed E-state index contributed by atoms with van der Waals surface area (Å²) >= 11 is 4.75. The molecule has 0 unspecified atom stereocenters. The molecule has 0 saturated carbocycles. The maximum atomic E-state index is 12.2. The van der Waals surface area contributed by atoms with Crippen molar-refractivity contribution in [1.82, 2.24) is 4.90 Å². The lowest BCUT2D eigenvalue weighted by molar-refractivity contribution is -0.274. The Bertz CT molecular complexity index is 503. The quantitative estimate of drug-likeness (QED) is 0.819. The van der Waals surface area contributed by atoms with Crippen LogP contribution in [0, 0.1) is 0 Å². The number of thiocarbonyl (C=S) groups is 1. The van der Waals surface area contributed by atoms with Gasteiger partial charge in [-0.1, -0.05) is 12.2 Å². The number of ether oxygens (including phenoxy) is 1. The Morgan fingerprint density at radius 3 is 2.33 bits per heavy atom. The van der Waals surface area contributed by atoms with Gasteiger partial charge in [-0.3, -0.25) is 4.79 Å². The van der Waals surface area contributed by atoms with Crippen LogP contribution in [-0.2, 0) is 0 Å². The van der Waals surface area contributed by atoms with Crippen molar-refractivity contribution >= 4 is 23.1 Å². The van der Waals surface area contributed by atoms with Crippen molar-refractivity contribution in [3.63, 3.8) is 0 Å². The summed E-state index contributed by atoms with van der Waals surface area (Å²) in [7, 11) is 0. The molecule has 1 aromatic rings. The molecule has 2 N–H and O–H groups in total. The Kier molecular flexibility index (Phi) is 5.95. The number of halogens is 3. The van der Waals surface area contributed by atoms with Gasteiger partial charge in [-0.15, -0.1) is 13.2 Å². The van der Waals surface area contributed by atoms with E-state index in [0.29, 0.717) is 24.5 Å². The van der Waals surface area contributed by atoms with Crippen LogP contribution >= 0.6 is 12.2 Å². The Morgan fingerprint density at radius 2 is 1.90 bits per heavy atom. The highest BCUT2D eigenvalue weighted by molar-refractivity contribution is 7.80. The normalized spacial score (nSPS) is 11.0. The van der Waals surface area contributed by atoms with Crippen LogP contribution in [0.15, 0.2) is 24.3 Å². The topological polar surface area (TPSA) is 55.6 Å². The molecule has 8 heteroatoms. The van der Waals surface area contributed by atoms with E-state index < -0.39 is 6.36 Å². The zero-order chi connectivity index (χ0) is 16.0. The van der Waals surface area contributed by atoms with Crippen molar-refractivity contribution in [1.29, 1.82) is 0 Å². The Morgan fingerprint density at radius 1 is 1.33 bits per heavy atom. The zero-order valence-corrected chi connectivity index (χ0v) is 12.1. The number of rotatable bonds is 6. The summed E-state index contributed by atoms with van der Waals surface area (Å²) in [4.78, 5) is 14.0. The highest BCUT2D eigenvalue weighted by Crippen LogP contribution is 2.23. The van der Waals surface area contributed by atoms with Crippen molar-refractivity contribution < 1.29 is 22.7 Å². The zero-order valence-electron chi connectivity index (χ0n) is 11.3. The molecule has 21 heavy (non-hydrogen) atoms. The number of alkyl halides is 3. The maximum absolute atomic E-state index is 12.2. The predicted molar refractivity (Wildman–Crippen MR) is 76.1 cm³/mol. The molecule has 0 radical (unpaired) electrons. The van der Waals surface area contributed by atoms with Crippen LogP contribution in [0.4, 0.5) is 13.2 Å². The highest BCUT2D eigenvalue weighted by Gasteiger charge is 2.31. The minimum Gasteiger partial charge on any atom is -0.406 e. The summed E-state index contributed by atoms with van der Waals surface area (Å²) in [5, 5.41) is 0. The van der Waals surface area contributed by atoms with Gasteiger partial charge < -0.3 is 15.4 Å². The summed E-state index contributed by atoms with van der Waals surface area (Å²) in [6.07, 6.45) is -4.36. The second-order valence-corrected chi connectivity index (χ2v) is 4.70. The number of benzene rings is 1. The van der Waals surface area contributed by atoms with Crippen LogP contribution in [0.3, 0.4) is 0 Å². The Hall–Kier alpha value is -1.83. The largest absolute Gasteiger partial charge is 0.573 e. The molecule has 4 nitrogen and oxygen atoms in total. The monoisotopic (exact) mass is 320 g/mol. The molecule has 116 valence electrons. The van der Waals surface area contributed by atoms with Crippen LogP contribution in [0.1, 0.15) is 23.7 Å². The molecular formula is C13H15F3N2O2S. The van der Waals surface area contributed by atoms with Crippen LogP contribution in [0.25, 0.3) is 0 Å². The Balaban J connectivity index is 2.75. The van der Waals surface area contributed by atoms with Crippen molar-refractivity contribution in [2.45, 2.75) is 19.7 Å². The molecular weight excluding hydrogens is 305 g/mol. The minimum atomic E-state index is -4.75. The van der Waals surface area contributed by atoms with Gasteiger partial charge in [-0.2, -0.15) is 0 Å². The third kappa shape index (κ3) is 5.99. The SMILES string of the molecule is CCN(CCC(N)=S)C(=O)c1ccc(OC(F)(F)F)cc1. The second-order valence-electron chi connectivity index (χ2n) is 4.17. The van der Waals surface area contributed by atoms with Gasteiger partial charge >= 0.3 is 6.36 Å². The van der Waals surface area contributed by atoms with Gasteiger partial charge in [0.25, 0.3) is 5.91 Å². The summed E-state index contributed by atoms with van der Waals surface area (Å²) in [5.74, 6) is -0.669. The first-order valence-corrected chi connectivity index (χ1v) is 6.57. The molecule has 0 saturated heterocycles. The fourth-order valence-corrected chi connectivity index (χ4v) is 1.72. The Labute approximate surface area is 125 Å². The standard InChI is InChI=1S/C13H15F3N2O2S/c1-2-18(8-7-11(17)21)12(19)9-3-5-10(6-4-9)20-13(14,15)16/h3-6H,2,7-8H2,1H3,(H2,17,21). The predicted octanol–water partition coefficient (Wildman–Crippen LogP) is 2.72. The van der Waals surface area contributed by atoms with E-state index >= 15 is 0 Å². The number of carbonyl (C=O) groups is 1. The smallest absolute Gasteiger partial charge is 0.406 e. The summed E-state index contributed by atoms with van der Waals surface area (Å²) in [6.45, 7) is 2.60. The third-order valence-corrected chi connectivity index (χ3v) is 2.84. The van der Waals surface area contributed by atoms with E-state index in [1.165, 1.54) is 17.0 Å². The maximum Gasteiger partial charge on any atom is 0.573 e. The van der Waals surface area contributed by atoms with E-state index in [-0.39, 0.29) is 17.2 Å². The van der Waals surface area contributed by atoms with Crippen molar-refractivity contribution in [3.05, 3.63) is 29.8 Å². The van der Waals surface area contributed by atoms with E-state index in [4.69, 9.17) is 18.0 Å². The molecule has 1 amide bonds. The van der Waals surface area contributed by atoms with Gasteiger partial charge in [0.2, 0.25) is 0 Å². The molecule has 0 aromatic heterocycles. The first-order chi connectivity index (χ1) is 9.73. The van der Waals surface area contributed by atoms with Crippen LogP contribution in [-0.4, -0.2) is 35.2 Å². The first-order valence-electron chi connectivity index (χ1n) is 6.16. The van der Waals surface area contributed by atoms with Crippen LogP contribution < -0.4 is 10.5 Å². The lowest BCUT2D eigenvalue weighted by Gasteiger charge is -2.20. The van der Waals surface area contributed by atoms with Crippen molar-refractivity contribution in [2.75, 3.05) is 13.1 Å². The van der Waals surface area contributed by atoms with Gasteiger partial charge in [0.1, 0.15) is 5.75 Å². The summed E-state index contributed by atoms with van der Waals surface area (Å²) in [6, 6.07) is 4.77. The van der Waals surface area contributed by atoms with Crippen molar-refractivity contribution in [3.8, 4) is 5.75 Å². The molecule has 0 aliphatic carbocycles. The lowest BCUT2D eigenvalue weighted by Crippen LogP contribution is -2.33. The van der Waals surface area contributed by atoms with Gasteiger partial charge in [0.05, 0.1) is 4.99 Å². The van der Waals surface area contributed by atoms with Gasteiger partial charge in [-0.05, 0) is 31.2 Å². The van der Waals surface area contributed by atoms with Crippen LogP contribution in [0.2, 0.25) is 0 Å². The highest BCUT2D eigenvalue weighted by atomic mass is 32.1. The molecule has 0 bridgehead atoms. The summed E-state index contributed by atoms with van der Waals surface area (Å²) in [5.41, 5.74) is 5.66. The minimum absolute atomic E-state index is 0.273. The van der Waals surface area contributed by atoms with Gasteiger partial charge in [-0.25, -0.2) is 0 Å². The molecule has 0 fully saturated rings. The number of nitrogens with two attached hydrogens (primary N) is 1. The fourth-order valence-electron chi connectivity index (χ4n) is 1.63. The number of hydrogen-bond donors (Lipinski definition) is 1. The molecule has 0 aliphatic heterocycles. The average molecular weight is 320 g/mol. The molecule has 0 atom stereocenters. The summed E-state index contributed by atoms with van der Waals surface area (Å²) < 4.78 is 39.9. The van der Waals surface area contributed by atoms with Gasteiger partial charge in [0.15, 0.2) is 0 Å². The molecule has 0 heterocycles. The van der Waals surface area contributed by atoms with E-state index in [1.54, 1.807) is 6.92 Å². The van der Waals surface area contributed by atoms with E-state index in [9.17, 15) is 18.0 Å². The fraction of sp³-hybridized carbons (Fsp3) is 0.385. The van der Waals surface area contributed by atoms with Crippen molar-refractivity contribution in [2.24, 2.45) is 5.73 Å².